The molecule has 0 spiro atoms. The van der Waals surface area contributed by atoms with Crippen LogP contribution < -0.4 is 20.1 Å². The summed E-state index contributed by atoms with van der Waals surface area (Å²) in [4.78, 5) is 18.8. The van der Waals surface area contributed by atoms with Crippen molar-refractivity contribution in [2.75, 3.05) is 24.9 Å². The van der Waals surface area contributed by atoms with Crippen molar-refractivity contribution in [2.24, 2.45) is 5.92 Å². The van der Waals surface area contributed by atoms with Crippen LogP contribution in [0.15, 0.2) is 42.7 Å². The van der Waals surface area contributed by atoms with Gasteiger partial charge in [0.05, 0.1) is 25.5 Å². The van der Waals surface area contributed by atoms with Gasteiger partial charge in [-0.05, 0) is 60.6 Å². The number of hydrogen-bond donors (Lipinski definition) is 2. The van der Waals surface area contributed by atoms with Crippen molar-refractivity contribution < 1.29 is 14.3 Å². The molecule has 0 saturated heterocycles. The minimum Gasteiger partial charge on any atom is -0.497 e. The van der Waals surface area contributed by atoms with Gasteiger partial charge in [-0.15, -0.1) is 11.3 Å². The number of hydrogen-bond acceptors (Lipinski definition) is 6. The molecule has 6 nitrogen and oxygen atoms in total. The minimum atomic E-state index is -0.118. The van der Waals surface area contributed by atoms with Crippen LogP contribution in [0.2, 0.25) is 0 Å². The second-order valence-corrected chi connectivity index (χ2v) is 8.89. The number of methoxy groups -OCH3 is 2. The summed E-state index contributed by atoms with van der Waals surface area (Å²) in [5.74, 6) is 1.76. The summed E-state index contributed by atoms with van der Waals surface area (Å²) in [7, 11) is 3.19. The number of thiophene rings is 1. The Morgan fingerprint density at radius 1 is 1.19 bits per heavy atom. The molecule has 0 unspecified atom stereocenters. The van der Waals surface area contributed by atoms with Gasteiger partial charge in [-0.3, -0.25) is 9.78 Å². The molecule has 2 aromatic heterocycles. The van der Waals surface area contributed by atoms with E-state index in [-0.39, 0.29) is 5.91 Å². The molecule has 1 amide bonds. The topological polar surface area (TPSA) is 72.5 Å². The maximum Gasteiger partial charge on any atom is 0.259 e. The first-order chi connectivity index (χ1) is 15.1. The van der Waals surface area contributed by atoms with Gasteiger partial charge in [-0.2, -0.15) is 0 Å². The molecular formula is C24H27N3O3S. The molecule has 3 aromatic rings. The lowest BCUT2D eigenvalue weighted by molar-refractivity contribution is 0.102. The van der Waals surface area contributed by atoms with Gasteiger partial charge in [0.25, 0.3) is 5.91 Å². The highest BCUT2D eigenvalue weighted by Gasteiger charge is 2.28. The number of nitrogens with zero attached hydrogens (tertiary/aromatic N) is 1. The van der Waals surface area contributed by atoms with Crippen LogP contribution >= 0.6 is 11.3 Å². The molecule has 2 heterocycles. The molecule has 1 aromatic carbocycles. The Hall–Kier alpha value is -3.06. The molecule has 1 aliphatic carbocycles. The highest BCUT2D eigenvalue weighted by molar-refractivity contribution is 7.16. The molecule has 0 bridgehead atoms. The molecule has 4 rings (SSSR count). The third-order valence-electron chi connectivity index (χ3n) is 5.60. The summed E-state index contributed by atoms with van der Waals surface area (Å²) in [6, 6.07) is 9.34. The van der Waals surface area contributed by atoms with Crippen LogP contribution in [0.25, 0.3) is 0 Å². The molecule has 0 radical (unpaired) electrons. The number of carbonyl (C=O) groups is 1. The van der Waals surface area contributed by atoms with Crippen LogP contribution in [-0.2, 0) is 19.4 Å². The van der Waals surface area contributed by atoms with Crippen molar-refractivity contribution in [3.8, 4) is 11.5 Å². The van der Waals surface area contributed by atoms with E-state index in [4.69, 9.17) is 9.47 Å². The number of fused-ring (bicyclic) bond motifs is 1. The summed E-state index contributed by atoms with van der Waals surface area (Å²) >= 11 is 1.70. The van der Waals surface area contributed by atoms with E-state index in [2.05, 4.69) is 22.5 Å². The van der Waals surface area contributed by atoms with Crippen LogP contribution in [-0.4, -0.2) is 25.1 Å². The summed E-state index contributed by atoms with van der Waals surface area (Å²) in [6.45, 7) is 2.91. The van der Waals surface area contributed by atoms with Crippen molar-refractivity contribution in [3.05, 3.63) is 64.3 Å². The number of nitrogens with one attached hydrogen (secondary N) is 2. The van der Waals surface area contributed by atoms with Gasteiger partial charge in [0.15, 0.2) is 0 Å². The van der Waals surface area contributed by atoms with Crippen LogP contribution in [0, 0.1) is 5.92 Å². The standard InChI is InChI=1S/C24H27N3O3S/c1-15-4-6-18-21(12-15)31-24(26-14-16-8-10-25-11-9-16)22(18)23(28)27-19-7-5-17(29-2)13-20(19)30-3/h5,7-11,13,15,26H,4,6,12,14H2,1-3H3,(H,27,28)/t15-/m1/s1. The summed E-state index contributed by atoms with van der Waals surface area (Å²) in [5.41, 5.74) is 3.67. The van der Waals surface area contributed by atoms with E-state index in [1.54, 1.807) is 50.1 Å². The van der Waals surface area contributed by atoms with E-state index in [1.807, 2.05) is 18.2 Å². The first-order valence-electron chi connectivity index (χ1n) is 10.4. The number of benzene rings is 1. The largest absolute Gasteiger partial charge is 0.497 e. The fraction of sp³-hybridized carbons (Fsp3) is 0.333. The highest BCUT2D eigenvalue weighted by atomic mass is 32.1. The predicted molar refractivity (Wildman–Crippen MR) is 125 cm³/mol. The van der Waals surface area contributed by atoms with E-state index in [9.17, 15) is 4.79 Å². The van der Waals surface area contributed by atoms with Gasteiger partial charge in [-0.25, -0.2) is 0 Å². The van der Waals surface area contributed by atoms with E-state index in [1.165, 1.54) is 10.4 Å². The summed E-state index contributed by atoms with van der Waals surface area (Å²) in [6.07, 6.45) is 6.60. The lowest BCUT2D eigenvalue weighted by atomic mass is 9.88. The number of amides is 1. The molecule has 7 heteroatoms. The number of rotatable bonds is 7. The molecule has 162 valence electrons. The zero-order chi connectivity index (χ0) is 21.8. The quantitative estimate of drug-likeness (QED) is 0.535. The number of carbonyl (C=O) groups excluding carboxylic acids is 1. The third-order valence-corrected chi connectivity index (χ3v) is 6.81. The smallest absolute Gasteiger partial charge is 0.259 e. The third kappa shape index (κ3) is 4.66. The lowest BCUT2D eigenvalue weighted by Crippen LogP contribution is -2.18. The number of ether oxygens (including phenoxy) is 2. The summed E-state index contributed by atoms with van der Waals surface area (Å²) < 4.78 is 10.7. The fourth-order valence-corrected chi connectivity index (χ4v) is 5.29. The van der Waals surface area contributed by atoms with Crippen molar-refractivity contribution in [2.45, 2.75) is 32.7 Å². The Balaban J connectivity index is 1.63. The zero-order valence-electron chi connectivity index (χ0n) is 18.0. The molecular weight excluding hydrogens is 410 g/mol. The van der Waals surface area contributed by atoms with Gasteiger partial charge in [-0.1, -0.05) is 6.92 Å². The average Bonchev–Trinajstić information content (AvgIpc) is 3.16. The minimum absolute atomic E-state index is 0.118. The van der Waals surface area contributed by atoms with E-state index in [0.717, 1.165) is 35.4 Å². The molecule has 2 N–H and O–H groups in total. The van der Waals surface area contributed by atoms with Crippen LogP contribution in [0.1, 0.15) is 39.7 Å². The van der Waals surface area contributed by atoms with E-state index in [0.29, 0.717) is 29.6 Å². The van der Waals surface area contributed by atoms with Gasteiger partial charge < -0.3 is 20.1 Å². The SMILES string of the molecule is COc1ccc(NC(=O)c2c(NCc3ccncc3)sc3c2CC[C@@H](C)C3)c(OC)c1. The molecule has 1 aliphatic rings. The lowest BCUT2D eigenvalue weighted by Gasteiger charge is -2.19. The molecule has 0 aliphatic heterocycles. The number of anilines is 2. The molecule has 31 heavy (non-hydrogen) atoms. The average molecular weight is 438 g/mol. The molecule has 0 saturated carbocycles. The first kappa shape index (κ1) is 21.2. The highest BCUT2D eigenvalue weighted by Crippen LogP contribution is 2.40. The van der Waals surface area contributed by atoms with Crippen molar-refractivity contribution in [1.82, 2.24) is 4.98 Å². The van der Waals surface area contributed by atoms with Crippen molar-refractivity contribution in [1.29, 1.82) is 0 Å². The Labute approximate surface area is 186 Å². The predicted octanol–water partition coefficient (Wildman–Crippen LogP) is 5.15. The second-order valence-electron chi connectivity index (χ2n) is 7.79. The van der Waals surface area contributed by atoms with Crippen LogP contribution in [0.4, 0.5) is 10.7 Å². The zero-order valence-corrected chi connectivity index (χ0v) is 18.8. The van der Waals surface area contributed by atoms with Gasteiger partial charge >= 0.3 is 0 Å². The molecule has 1 atom stereocenters. The van der Waals surface area contributed by atoms with Crippen molar-refractivity contribution in [3.63, 3.8) is 0 Å². The monoisotopic (exact) mass is 437 g/mol. The van der Waals surface area contributed by atoms with Gasteiger partial charge in [0, 0.05) is 29.9 Å². The van der Waals surface area contributed by atoms with Crippen LogP contribution in [0.3, 0.4) is 0 Å². The summed E-state index contributed by atoms with van der Waals surface area (Å²) in [5, 5.41) is 7.46. The maximum atomic E-state index is 13.4. The van der Waals surface area contributed by atoms with Gasteiger partial charge in [0.1, 0.15) is 16.5 Å². The Morgan fingerprint density at radius 3 is 2.74 bits per heavy atom. The van der Waals surface area contributed by atoms with E-state index >= 15 is 0 Å². The van der Waals surface area contributed by atoms with Crippen LogP contribution in [0.5, 0.6) is 11.5 Å². The second kappa shape index (κ2) is 9.39. The maximum absolute atomic E-state index is 13.4. The fourth-order valence-electron chi connectivity index (χ4n) is 3.89. The first-order valence-corrected chi connectivity index (χ1v) is 11.2. The van der Waals surface area contributed by atoms with E-state index < -0.39 is 0 Å². The Kier molecular flexibility index (Phi) is 6.42. The number of aromatic nitrogens is 1. The normalized spacial score (nSPS) is 15.1. The number of pyridine rings is 1. The molecule has 0 fully saturated rings. The Bertz CT molecular complexity index is 1070. The Morgan fingerprint density at radius 2 is 2.00 bits per heavy atom. The van der Waals surface area contributed by atoms with Gasteiger partial charge in [0.2, 0.25) is 0 Å². The van der Waals surface area contributed by atoms with Crippen molar-refractivity contribution >= 4 is 27.9 Å².